The van der Waals surface area contributed by atoms with Crippen molar-refractivity contribution >= 4 is 35.4 Å². The van der Waals surface area contributed by atoms with Gasteiger partial charge in [0.2, 0.25) is 0 Å². The SMILES string of the molecule is CC(C)C[C@@](Cc1ccccc1)(NC(=O)Nc1ccccc1)C(=O)O.CC(C)C[C@H](NC(=O)Nc1ccccc1)C(=O)OCc1ccccc1. The lowest BCUT2D eigenvalue weighted by atomic mass is 9.83. The number of aliphatic carboxylic acids is 1. The van der Waals surface area contributed by atoms with Gasteiger partial charge >= 0.3 is 24.0 Å². The summed E-state index contributed by atoms with van der Waals surface area (Å²) in [7, 11) is 0. The van der Waals surface area contributed by atoms with E-state index in [1.807, 2.05) is 113 Å². The monoisotopic (exact) mass is 680 g/mol. The average Bonchev–Trinajstić information content (AvgIpc) is 3.08. The highest BCUT2D eigenvalue weighted by atomic mass is 16.5. The van der Waals surface area contributed by atoms with Gasteiger partial charge in [-0.05, 0) is 60.1 Å². The van der Waals surface area contributed by atoms with Crippen molar-refractivity contribution in [1.82, 2.24) is 10.6 Å². The van der Waals surface area contributed by atoms with Gasteiger partial charge in [-0.1, -0.05) is 125 Å². The van der Waals surface area contributed by atoms with Gasteiger partial charge in [-0.2, -0.15) is 0 Å². The number of esters is 1. The zero-order valence-electron chi connectivity index (χ0n) is 29.1. The zero-order chi connectivity index (χ0) is 36.4. The van der Waals surface area contributed by atoms with E-state index in [2.05, 4.69) is 21.3 Å². The van der Waals surface area contributed by atoms with Crippen molar-refractivity contribution in [3.8, 4) is 0 Å². The molecule has 4 amide bonds. The Morgan fingerprint density at radius 1 is 0.640 bits per heavy atom. The van der Waals surface area contributed by atoms with Crippen molar-refractivity contribution in [1.29, 1.82) is 0 Å². The molecule has 0 spiro atoms. The smallest absolute Gasteiger partial charge is 0.329 e. The van der Waals surface area contributed by atoms with Gasteiger partial charge in [-0.15, -0.1) is 0 Å². The molecule has 0 aliphatic heterocycles. The van der Waals surface area contributed by atoms with Crippen LogP contribution in [0.25, 0.3) is 0 Å². The topological polar surface area (TPSA) is 146 Å². The largest absolute Gasteiger partial charge is 0.479 e. The molecule has 50 heavy (non-hydrogen) atoms. The fraction of sp³-hybridized carbons (Fsp3) is 0.300. The molecule has 0 fully saturated rings. The predicted octanol–water partition coefficient (Wildman–Crippen LogP) is 7.89. The summed E-state index contributed by atoms with van der Waals surface area (Å²) >= 11 is 0. The van der Waals surface area contributed by atoms with Crippen LogP contribution in [0, 0.1) is 11.8 Å². The Labute approximate surface area is 294 Å². The summed E-state index contributed by atoms with van der Waals surface area (Å²) in [5, 5.41) is 20.7. The molecule has 0 aliphatic rings. The fourth-order valence-corrected chi connectivity index (χ4v) is 5.29. The maximum absolute atomic E-state index is 12.4. The molecular weight excluding hydrogens is 632 g/mol. The van der Waals surface area contributed by atoms with E-state index in [0.717, 1.165) is 11.1 Å². The molecule has 0 radical (unpaired) electrons. The summed E-state index contributed by atoms with van der Waals surface area (Å²) in [6, 6.07) is 35.2. The Balaban J connectivity index is 0.000000270. The Morgan fingerprint density at radius 3 is 1.56 bits per heavy atom. The molecule has 0 aromatic heterocycles. The van der Waals surface area contributed by atoms with Crippen molar-refractivity contribution in [2.45, 2.75) is 65.1 Å². The van der Waals surface area contributed by atoms with E-state index < -0.39 is 35.6 Å². The molecule has 2 atom stereocenters. The minimum atomic E-state index is -1.37. The van der Waals surface area contributed by atoms with Gasteiger partial charge < -0.3 is 31.1 Å². The van der Waals surface area contributed by atoms with Crippen LogP contribution in [-0.2, 0) is 27.4 Å². The molecule has 4 aromatic carbocycles. The lowest BCUT2D eigenvalue weighted by molar-refractivity contribution is -0.147. The van der Waals surface area contributed by atoms with E-state index in [0.29, 0.717) is 24.2 Å². The number of urea groups is 2. The molecule has 0 bridgehead atoms. The highest BCUT2D eigenvalue weighted by molar-refractivity contribution is 5.94. The third-order valence-electron chi connectivity index (χ3n) is 7.45. The van der Waals surface area contributed by atoms with Crippen molar-refractivity contribution < 1.29 is 29.0 Å². The third-order valence-corrected chi connectivity index (χ3v) is 7.45. The minimum absolute atomic E-state index is 0.108. The number of ether oxygens (including phenoxy) is 1. The van der Waals surface area contributed by atoms with Gasteiger partial charge in [0.1, 0.15) is 18.2 Å². The normalized spacial score (nSPS) is 12.4. The number of anilines is 2. The predicted molar refractivity (Wildman–Crippen MR) is 197 cm³/mol. The van der Waals surface area contributed by atoms with E-state index >= 15 is 0 Å². The molecule has 4 rings (SSSR count). The first-order valence-electron chi connectivity index (χ1n) is 16.7. The molecule has 4 aromatic rings. The summed E-state index contributed by atoms with van der Waals surface area (Å²) in [5.41, 5.74) is 1.69. The van der Waals surface area contributed by atoms with Crippen LogP contribution >= 0.6 is 0 Å². The van der Waals surface area contributed by atoms with Gasteiger partial charge in [0.15, 0.2) is 0 Å². The van der Waals surface area contributed by atoms with Crippen LogP contribution in [0.2, 0.25) is 0 Å². The van der Waals surface area contributed by atoms with E-state index in [1.165, 1.54) is 0 Å². The van der Waals surface area contributed by atoms with Gasteiger partial charge in [0, 0.05) is 17.8 Å². The van der Waals surface area contributed by atoms with Gasteiger partial charge in [-0.25, -0.2) is 19.2 Å². The molecule has 264 valence electrons. The van der Waals surface area contributed by atoms with Crippen LogP contribution in [0.5, 0.6) is 0 Å². The summed E-state index contributed by atoms with van der Waals surface area (Å²) < 4.78 is 5.36. The minimum Gasteiger partial charge on any atom is -0.479 e. The Kier molecular flexibility index (Phi) is 15.5. The van der Waals surface area contributed by atoms with E-state index in [4.69, 9.17) is 4.74 Å². The van der Waals surface area contributed by atoms with Crippen molar-refractivity contribution in [3.05, 3.63) is 132 Å². The number of carboxylic acid groups (broad SMARTS) is 1. The molecule has 0 aliphatic carbocycles. The Morgan fingerprint density at radius 2 is 1.10 bits per heavy atom. The Hall–Kier alpha value is -5.64. The third kappa shape index (κ3) is 13.8. The lowest BCUT2D eigenvalue weighted by Crippen LogP contribution is -2.58. The number of hydrogen-bond donors (Lipinski definition) is 5. The number of para-hydroxylation sites is 2. The first-order valence-corrected chi connectivity index (χ1v) is 16.7. The van der Waals surface area contributed by atoms with Crippen LogP contribution in [-0.4, -0.2) is 40.7 Å². The number of benzene rings is 4. The fourth-order valence-electron chi connectivity index (χ4n) is 5.29. The van der Waals surface area contributed by atoms with Gasteiger partial charge in [0.05, 0.1) is 0 Å². The van der Waals surface area contributed by atoms with E-state index in [-0.39, 0.29) is 24.9 Å². The standard InChI is InChI=1S/2C20H24N2O3/c1-15(2)13-20(18(23)24,14-16-9-5-3-6-10-16)22-19(25)21-17-11-7-4-8-12-17;1-15(2)13-18(19(23)25-14-16-9-5-3-6-10-16)22-20(24)21-17-11-7-4-8-12-17/h3-12,15H,13-14H2,1-2H3,(H,23,24)(H2,21,22,25);3-12,15,18H,13-14H2,1-2H3,(H2,21,22,24)/t20-;18-/m00/s1. The van der Waals surface area contributed by atoms with Gasteiger partial charge in [0.25, 0.3) is 0 Å². The second kappa shape index (κ2) is 20.0. The van der Waals surface area contributed by atoms with Crippen LogP contribution in [0.1, 0.15) is 51.7 Å². The second-order valence-electron chi connectivity index (χ2n) is 12.8. The maximum atomic E-state index is 12.4. The first-order chi connectivity index (χ1) is 24.0. The van der Waals surface area contributed by atoms with Crippen LogP contribution in [0.3, 0.4) is 0 Å². The first kappa shape index (κ1) is 38.8. The summed E-state index contributed by atoms with van der Waals surface area (Å²) in [5.74, 6) is -1.11. The van der Waals surface area contributed by atoms with Crippen LogP contribution < -0.4 is 21.3 Å². The number of amides is 4. The number of nitrogens with one attached hydrogen (secondary N) is 4. The summed E-state index contributed by atoms with van der Waals surface area (Å²) in [6.07, 6.45) is 1.07. The molecule has 5 N–H and O–H groups in total. The van der Waals surface area contributed by atoms with E-state index in [9.17, 15) is 24.3 Å². The highest BCUT2D eigenvalue weighted by Crippen LogP contribution is 2.23. The molecule has 0 heterocycles. The quantitative estimate of drug-likeness (QED) is 0.0857. The van der Waals surface area contributed by atoms with Crippen LogP contribution in [0.4, 0.5) is 21.0 Å². The van der Waals surface area contributed by atoms with Crippen molar-refractivity contribution in [2.75, 3.05) is 10.6 Å². The number of carboxylic acids is 1. The lowest BCUT2D eigenvalue weighted by Gasteiger charge is -2.32. The summed E-state index contributed by atoms with van der Waals surface area (Å²) in [6.45, 7) is 8.07. The van der Waals surface area contributed by atoms with Crippen molar-refractivity contribution in [2.24, 2.45) is 11.8 Å². The molecule has 0 saturated carbocycles. The average molecular weight is 681 g/mol. The molecular formula is C40H48N4O6. The number of hydrogen-bond acceptors (Lipinski definition) is 5. The van der Waals surface area contributed by atoms with Crippen LogP contribution in [0.15, 0.2) is 121 Å². The zero-order valence-corrected chi connectivity index (χ0v) is 29.1. The molecule has 10 heteroatoms. The van der Waals surface area contributed by atoms with E-state index in [1.54, 1.807) is 36.4 Å². The molecule has 10 nitrogen and oxygen atoms in total. The number of carbonyl (C=O) groups excluding carboxylic acids is 3. The van der Waals surface area contributed by atoms with Gasteiger partial charge in [-0.3, -0.25) is 0 Å². The number of rotatable bonds is 14. The molecule has 0 unspecified atom stereocenters. The number of carbonyl (C=O) groups is 4. The summed E-state index contributed by atoms with van der Waals surface area (Å²) in [4.78, 5) is 49.1. The Bertz CT molecular complexity index is 1620. The molecule has 0 saturated heterocycles. The van der Waals surface area contributed by atoms with Crippen molar-refractivity contribution in [3.63, 3.8) is 0 Å². The maximum Gasteiger partial charge on any atom is 0.329 e. The second-order valence-corrected chi connectivity index (χ2v) is 12.8. The highest BCUT2D eigenvalue weighted by Gasteiger charge is 2.41.